The summed E-state index contributed by atoms with van der Waals surface area (Å²) >= 11 is 0. The van der Waals surface area contributed by atoms with Crippen LogP contribution in [0.2, 0.25) is 0 Å². The van der Waals surface area contributed by atoms with Crippen molar-refractivity contribution in [1.82, 2.24) is 0 Å². The number of benzene rings is 2. The molecule has 6 heteroatoms. The summed E-state index contributed by atoms with van der Waals surface area (Å²) in [5, 5.41) is 2.97. The number of rotatable bonds is 7. The number of ether oxygens (including phenoxy) is 2. The number of nitrogens with one attached hydrogen (secondary N) is 3. The first kappa shape index (κ1) is 20.2. The lowest BCUT2D eigenvalue weighted by molar-refractivity contribution is -1.02. The summed E-state index contributed by atoms with van der Waals surface area (Å²) in [6, 6.07) is 14.2. The van der Waals surface area contributed by atoms with Crippen LogP contribution in [0.1, 0.15) is 11.1 Å². The Bertz CT molecular complexity index is 801. The molecule has 1 fully saturated rings. The molecule has 2 aromatic carbocycles. The minimum absolute atomic E-state index is 0.0318. The van der Waals surface area contributed by atoms with Crippen molar-refractivity contribution in [2.24, 2.45) is 0 Å². The zero-order valence-electron chi connectivity index (χ0n) is 17.0. The van der Waals surface area contributed by atoms with E-state index in [1.54, 1.807) is 31.3 Å². The molecule has 0 bridgehead atoms. The van der Waals surface area contributed by atoms with Crippen LogP contribution in [0.5, 0.6) is 11.5 Å². The van der Waals surface area contributed by atoms with Gasteiger partial charge in [-0.3, -0.25) is 4.79 Å². The lowest BCUT2D eigenvalue weighted by Gasteiger charge is -2.29. The normalized spacial score (nSPS) is 19.1. The fraction of sp³-hybridized carbons (Fsp3) is 0.409. The van der Waals surface area contributed by atoms with Crippen molar-refractivity contribution in [1.29, 1.82) is 0 Å². The Morgan fingerprint density at radius 3 is 2.36 bits per heavy atom. The minimum atomic E-state index is 0.0318. The van der Waals surface area contributed by atoms with Crippen molar-refractivity contribution in [2.75, 3.05) is 52.3 Å². The summed E-state index contributed by atoms with van der Waals surface area (Å²) in [7, 11) is 3.19. The number of hydrogen-bond acceptors (Lipinski definition) is 3. The molecule has 3 N–H and O–H groups in total. The Balaban J connectivity index is 1.46. The fourth-order valence-electron chi connectivity index (χ4n) is 3.77. The SMILES string of the molecule is COc1ccc(NC(=O)C[NH+]2CC[NH+](Cc3cccc(C)c3)CC2)cc1OC. The number of aryl methyl sites for hydroxylation is 1. The minimum Gasteiger partial charge on any atom is -0.493 e. The zero-order chi connectivity index (χ0) is 19.9. The lowest BCUT2D eigenvalue weighted by atomic mass is 10.1. The van der Waals surface area contributed by atoms with Crippen LogP contribution in [0.3, 0.4) is 0 Å². The van der Waals surface area contributed by atoms with Gasteiger partial charge in [0.25, 0.3) is 5.91 Å². The maximum absolute atomic E-state index is 12.4. The van der Waals surface area contributed by atoms with Crippen LogP contribution in [0.15, 0.2) is 42.5 Å². The van der Waals surface area contributed by atoms with Crippen LogP contribution < -0.4 is 24.6 Å². The van der Waals surface area contributed by atoms with E-state index in [4.69, 9.17) is 9.47 Å². The first-order valence-corrected chi connectivity index (χ1v) is 9.82. The summed E-state index contributed by atoms with van der Waals surface area (Å²) in [4.78, 5) is 15.4. The zero-order valence-corrected chi connectivity index (χ0v) is 17.0. The second kappa shape index (κ2) is 9.57. The Labute approximate surface area is 167 Å². The van der Waals surface area contributed by atoms with Gasteiger partial charge in [0.2, 0.25) is 0 Å². The van der Waals surface area contributed by atoms with Crippen LogP contribution in [0, 0.1) is 6.92 Å². The molecule has 1 amide bonds. The van der Waals surface area contributed by atoms with E-state index in [-0.39, 0.29) is 5.91 Å². The van der Waals surface area contributed by atoms with Crippen LogP contribution in [0.4, 0.5) is 5.69 Å². The highest BCUT2D eigenvalue weighted by Crippen LogP contribution is 2.29. The summed E-state index contributed by atoms with van der Waals surface area (Å²) in [5.74, 6) is 1.30. The first-order chi connectivity index (χ1) is 13.6. The highest BCUT2D eigenvalue weighted by molar-refractivity contribution is 5.91. The highest BCUT2D eigenvalue weighted by atomic mass is 16.5. The molecule has 0 radical (unpaired) electrons. The Hall–Kier alpha value is -2.57. The molecule has 0 atom stereocenters. The number of amides is 1. The van der Waals surface area contributed by atoms with Gasteiger partial charge in [-0.1, -0.05) is 29.8 Å². The van der Waals surface area contributed by atoms with Crippen molar-refractivity contribution < 1.29 is 24.1 Å². The van der Waals surface area contributed by atoms with Crippen molar-refractivity contribution >= 4 is 11.6 Å². The first-order valence-electron chi connectivity index (χ1n) is 9.82. The number of carbonyl (C=O) groups is 1. The summed E-state index contributed by atoms with van der Waals surface area (Å²) < 4.78 is 10.5. The summed E-state index contributed by atoms with van der Waals surface area (Å²) in [5.41, 5.74) is 3.43. The molecule has 0 aliphatic carbocycles. The predicted octanol–water partition coefficient (Wildman–Crippen LogP) is -0.0657. The average molecular weight is 386 g/mol. The van der Waals surface area contributed by atoms with Crippen molar-refractivity contribution in [2.45, 2.75) is 13.5 Å². The maximum Gasteiger partial charge on any atom is 0.279 e. The second-order valence-electron chi connectivity index (χ2n) is 7.46. The van der Waals surface area contributed by atoms with E-state index in [1.807, 2.05) is 6.07 Å². The lowest BCUT2D eigenvalue weighted by Crippen LogP contribution is -3.28. The van der Waals surface area contributed by atoms with Gasteiger partial charge in [-0.05, 0) is 19.1 Å². The third-order valence-corrected chi connectivity index (χ3v) is 5.28. The van der Waals surface area contributed by atoms with Gasteiger partial charge in [0, 0.05) is 17.3 Å². The van der Waals surface area contributed by atoms with Gasteiger partial charge in [0.1, 0.15) is 32.7 Å². The molecule has 28 heavy (non-hydrogen) atoms. The summed E-state index contributed by atoms with van der Waals surface area (Å²) in [6.07, 6.45) is 0. The molecule has 0 spiro atoms. The number of hydrogen-bond donors (Lipinski definition) is 3. The topological polar surface area (TPSA) is 56.4 Å². The number of quaternary nitrogens is 2. The third-order valence-electron chi connectivity index (χ3n) is 5.28. The number of anilines is 1. The molecule has 0 aromatic heterocycles. The molecule has 2 aromatic rings. The number of methoxy groups -OCH3 is 2. The molecule has 150 valence electrons. The second-order valence-corrected chi connectivity index (χ2v) is 7.46. The fourth-order valence-corrected chi connectivity index (χ4v) is 3.77. The number of carbonyl (C=O) groups excluding carboxylic acids is 1. The van der Waals surface area contributed by atoms with Gasteiger partial charge in [-0.15, -0.1) is 0 Å². The standard InChI is InChI=1S/C22H29N3O3/c1-17-5-4-6-18(13-17)15-24-9-11-25(12-10-24)16-22(26)23-19-7-8-20(27-2)21(14-19)28-3/h4-8,13-14H,9-12,15-16H2,1-3H3,(H,23,26)/p+2. The van der Waals surface area contributed by atoms with E-state index in [2.05, 4.69) is 36.5 Å². The third kappa shape index (κ3) is 5.47. The van der Waals surface area contributed by atoms with Crippen molar-refractivity contribution in [3.8, 4) is 11.5 Å². The quantitative estimate of drug-likeness (QED) is 0.626. The van der Waals surface area contributed by atoms with Gasteiger partial charge in [-0.25, -0.2) is 0 Å². The van der Waals surface area contributed by atoms with Gasteiger partial charge >= 0.3 is 0 Å². The van der Waals surface area contributed by atoms with Crippen molar-refractivity contribution in [3.05, 3.63) is 53.6 Å². The molecule has 6 nitrogen and oxygen atoms in total. The smallest absolute Gasteiger partial charge is 0.279 e. The molecular formula is C22H31N3O3+2. The van der Waals surface area contributed by atoms with E-state index in [0.29, 0.717) is 18.0 Å². The van der Waals surface area contributed by atoms with Gasteiger partial charge in [0.15, 0.2) is 18.0 Å². The molecule has 1 saturated heterocycles. The van der Waals surface area contributed by atoms with Crippen molar-refractivity contribution in [3.63, 3.8) is 0 Å². The Morgan fingerprint density at radius 1 is 0.964 bits per heavy atom. The Kier molecular flexibility index (Phi) is 6.90. The van der Waals surface area contributed by atoms with Crippen LogP contribution in [-0.2, 0) is 11.3 Å². The number of piperazine rings is 1. The Morgan fingerprint density at radius 2 is 1.68 bits per heavy atom. The van der Waals surface area contributed by atoms with Gasteiger partial charge in [0.05, 0.1) is 14.2 Å². The molecule has 0 saturated carbocycles. The summed E-state index contributed by atoms with van der Waals surface area (Å²) in [6.45, 7) is 7.90. The molecular weight excluding hydrogens is 354 g/mol. The molecule has 1 aliphatic rings. The van der Waals surface area contributed by atoms with Crippen LogP contribution in [-0.4, -0.2) is 52.9 Å². The van der Waals surface area contributed by atoms with Gasteiger partial charge in [-0.2, -0.15) is 0 Å². The largest absolute Gasteiger partial charge is 0.493 e. The maximum atomic E-state index is 12.4. The van der Waals surface area contributed by atoms with E-state index in [9.17, 15) is 4.79 Å². The molecule has 1 heterocycles. The van der Waals surface area contributed by atoms with Gasteiger partial charge < -0.3 is 24.6 Å². The molecule has 3 rings (SSSR count). The van der Waals surface area contributed by atoms with Crippen LogP contribution >= 0.6 is 0 Å². The average Bonchev–Trinajstić information content (AvgIpc) is 2.69. The molecule has 1 aliphatic heterocycles. The predicted molar refractivity (Wildman–Crippen MR) is 109 cm³/mol. The van der Waals surface area contributed by atoms with E-state index >= 15 is 0 Å². The van der Waals surface area contributed by atoms with E-state index in [1.165, 1.54) is 16.0 Å². The molecule has 0 unspecified atom stereocenters. The van der Waals surface area contributed by atoms with E-state index < -0.39 is 0 Å². The highest BCUT2D eigenvalue weighted by Gasteiger charge is 2.25. The van der Waals surface area contributed by atoms with E-state index in [0.717, 1.165) is 38.4 Å². The monoisotopic (exact) mass is 385 g/mol. The van der Waals surface area contributed by atoms with Crippen LogP contribution in [0.25, 0.3) is 0 Å².